The Labute approximate surface area is 62.0 Å². The maximum atomic E-state index is 11.7. The molecular formula is C6H8F3NO. The third-order valence-corrected chi connectivity index (χ3v) is 1.66. The summed E-state index contributed by atoms with van der Waals surface area (Å²) in [6, 6.07) is -0.177. The van der Waals surface area contributed by atoms with Gasteiger partial charge in [0.15, 0.2) is 0 Å². The van der Waals surface area contributed by atoms with Gasteiger partial charge in [0.05, 0.1) is 0 Å². The van der Waals surface area contributed by atoms with Crippen molar-refractivity contribution in [2.45, 2.75) is 25.1 Å². The van der Waals surface area contributed by atoms with Crippen LogP contribution in [0.1, 0.15) is 12.8 Å². The van der Waals surface area contributed by atoms with E-state index in [2.05, 4.69) is 0 Å². The highest BCUT2D eigenvalue weighted by molar-refractivity contribution is 5.82. The van der Waals surface area contributed by atoms with Crippen molar-refractivity contribution >= 4 is 5.91 Å². The van der Waals surface area contributed by atoms with Crippen LogP contribution in [0.3, 0.4) is 0 Å². The average Bonchev–Trinajstić information content (AvgIpc) is 2.63. The standard InChI is InChI=1S/C6H8F3NO/c1-10(4-2-3-4)5(11)6(7,8)9/h4H,2-3H2,1H3. The van der Waals surface area contributed by atoms with E-state index in [0.717, 1.165) is 4.90 Å². The first-order valence-corrected chi connectivity index (χ1v) is 3.27. The Hall–Kier alpha value is -0.740. The van der Waals surface area contributed by atoms with E-state index in [1.165, 1.54) is 7.05 Å². The van der Waals surface area contributed by atoms with Crippen molar-refractivity contribution in [1.29, 1.82) is 0 Å². The lowest BCUT2D eigenvalue weighted by Gasteiger charge is -2.17. The van der Waals surface area contributed by atoms with Crippen molar-refractivity contribution < 1.29 is 18.0 Å². The van der Waals surface area contributed by atoms with Crippen molar-refractivity contribution in [2.24, 2.45) is 0 Å². The van der Waals surface area contributed by atoms with Gasteiger partial charge in [-0.05, 0) is 12.8 Å². The van der Waals surface area contributed by atoms with Crippen molar-refractivity contribution in [3.05, 3.63) is 0 Å². The fourth-order valence-electron chi connectivity index (χ4n) is 0.828. The lowest BCUT2D eigenvalue weighted by Crippen LogP contribution is -2.39. The molecule has 0 spiro atoms. The van der Waals surface area contributed by atoms with Gasteiger partial charge in [-0.3, -0.25) is 4.79 Å². The summed E-state index contributed by atoms with van der Waals surface area (Å²) in [5.74, 6) is -1.74. The van der Waals surface area contributed by atoms with Crippen LogP contribution in [-0.4, -0.2) is 30.1 Å². The predicted octanol–water partition coefficient (Wildman–Crippen LogP) is 1.17. The zero-order valence-electron chi connectivity index (χ0n) is 5.98. The molecule has 0 radical (unpaired) electrons. The Morgan fingerprint density at radius 1 is 1.45 bits per heavy atom. The zero-order valence-corrected chi connectivity index (χ0v) is 5.98. The molecule has 2 nitrogen and oxygen atoms in total. The molecule has 0 bridgehead atoms. The van der Waals surface area contributed by atoms with Gasteiger partial charge in [0, 0.05) is 13.1 Å². The monoisotopic (exact) mass is 167 g/mol. The third kappa shape index (κ3) is 1.85. The van der Waals surface area contributed by atoms with Gasteiger partial charge in [-0.15, -0.1) is 0 Å². The molecule has 1 saturated carbocycles. The molecule has 1 fully saturated rings. The molecule has 5 heteroatoms. The molecule has 0 unspecified atom stereocenters. The molecule has 1 aliphatic carbocycles. The summed E-state index contributed by atoms with van der Waals surface area (Å²) in [6.07, 6.45) is -3.33. The van der Waals surface area contributed by atoms with Gasteiger partial charge in [0.1, 0.15) is 0 Å². The Kier molecular flexibility index (Phi) is 1.82. The van der Waals surface area contributed by atoms with Crippen LogP contribution in [0.15, 0.2) is 0 Å². The number of amides is 1. The lowest BCUT2D eigenvalue weighted by molar-refractivity contribution is -0.184. The molecule has 1 rings (SSSR count). The number of halogens is 3. The minimum atomic E-state index is -4.71. The fraction of sp³-hybridized carbons (Fsp3) is 0.833. The van der Waals surface area contributed by atoms with E-state index in [0.29, 0.717) is 12.8 Å². The molecule has 1 aliphatic rings. The number of hydrogen-bond donors (Lipinski definition) is 0. The number of hydrogen-bond acceptors (Lipinski definition) is 1. The quantitative estimate of drug-likeness (QED) is 0.574. The van der Waals surface area contributed by atoms with E-state index < -0.39 is 12.1 Å². The van der Waals surface area contributed by atoms with Crippen LogP contribution in [0, 0.1) is 0 Å². The van der Waals surface area contributed by atoms with Crippen LogP contribution >= 0.6 is 0 Å². The largest absolute Gasteiger partial charge is 0.471 e. The molecule has 0 aromatic carbocycles. The van der Waals surface area contributed by atoms with Gasteiger partial charge in [-0.25, -0.2) is 0 Å². The first-order valence-electron chi connectivity index (χ1n) is 3.27. The van der Waals surface area contributed by atoms with Crippen molar-refractivity contribution in [3.8, 4) is 0 Å². The second-order valence-corrected chi connectivity index (χ2v) is 2.64. The Bertz CT molecular complexity index is 173. The van der Waals surface area contributed by atoms with Gasteiger partial charge in [-0.1, -0.05) is 0 Å². The summed E-state index contributed by atoms with van der Waals surface area (Å²) in [5, 5.41) is 0. The van der Waals surface area contributed by atoms with Crippen molar-refractivity contribution in [1.82, 2.24) is 4.90 Å². The second kappa shape index (κ2) is 2.39. The van der Waals surface area contributed by atoms with Gasteiger partial charge >= 0.3 is 12.1 Å². The number of rotatable bonds is 1. The van der Waals surface area contributed by atoms with E-state index in [9.17, 15) is 18.0 Å². The van der Waals surface area contributed by atoms with E-state index in [1.807, 2.05) is 0 Å². The molecular weight excluding hydrogens is 159 g/mol. The first kappa shape index (κ1) is 8.36. The van der Waals surface area contributed by atoms with Crippen molar-refractivity contribution in [3.63, 3.8) is 0 Å². The highest BCUT2D eigenvalue weighted by Gasteiger charge is 2.45. The van der Waals surface area contributed by atoms with Crippen LogP contribution in [0.5, 0.6) is 0 Å². The van der Waals surface area contributed by atoms with Crippen molar-refractivity contribution in [2.75, 3.05) is 7.05 Å². The third-order valence-electron chi connectivity index (χ3n) is 1.66. The molecule has 0 atom stereocenters. The summed E-state index contributed by atoms with van der Waals surface area (Å²) in [7, 11) is 1.19. The molecule has 0 saturated heterocycles. The Balaban J connectivity index is 2.52. The smallest absolute Gasteiger partial charge is 0.335 e. The molecule has 0 heterocycles. The molecule has 1 amide bonds. The van der Waals surface area contributed by atoms with Crippen LogP contribution in [0.2, 0.25) is 0 Å². The first-order chi connectivity index (χ1) is 4.93. The second-order valence-electron chi connectivity index (χ2n) is 2.64. The summed E-state index contributed by atoms with van der Waals surface area (Å²) in [5.41, 5.74) is 0. The summed E-state index contributed by atoms with van der Waals surface area (Å²) in [4.78, 5) is 11.2. The zero-order chi connectivity index (χ0) is 8.65. The maximum absolute atomic E-state index is 11.7. The molecule has 0 aromatic rings. The van der Waals surface area contributed by atoms with Gasteiger partial charge in [-0.2, -0.15) is 13.2 Å². The Morgan fingerprint density at radius 2 is 1.91 bits per heavy atom. The normalized spacial score (nSPS) is 18.2. The fourth-order valence-corrected chi connectivity index (χ4v) is 0.828. The van der Waals surface area contributed by atoms with Crippen LogP contribution in [0.25, 0.3) is 0 Å². The topological polar surface area (TPSA) is 20.3 Å². The molecule has 0 aliphatic heterocycles. The number of alkyl halides is 3. The minimum Gasteiger partial charge on any atom is -0.335 e. The van der Waals surface area contributed by atoms with E-state index >= 15 is 0 Å². The number of nitrogens with zero attached hydrogens (tertiary/aromatic N) is 1. The lowest BCUT2D eigenvalue weighted by atomic mass is 10.5. The summed E-state index contributed by atoms with van der Waals surface area (Å²) >= 11 is 0. The van der Waals surface area contributed by atoms with Crippen LogP contribution in [-0.2, 0) is 4.79 Å². The van der Waals surface area contributed by atoms with E-state index in [4.69, 9.17) is 0 Å². The molecule has 64 valence electrons. The van der Waals surface area contributed by atoms with E-state index in [1.54, 1.807) is 0 Å². The van der Waals surface area contributed by atoms with E-state index in [-0.39, 0.29) is 6.04 Å². The predicted molar refractivity (Wildman–Crippen MR) is 31.8 cm³/mol. The summed E-state index contributed by atoms with van der Waals surface area (Å²) in [6.45, 7) is 0. The summed E-state index contributed by atoms with van der Waals surface area (Å²) < 4.78 is 35.1. The maximum Gasteiger partial charge on any atom is 0.471 e. The highest BCUT2D eigenvalue weighted by atomic mass is 19.4. The average molecular weight is 167 g/mol. The molecule has 0 aromatic heterocycles. The molecule has 0 N–H and O–H groups in total. The van der Waals surface area contributed by atoms with Gasteiger partial charge < -0.3 is 4.90 Å². The van der Waals surface area contributed by atoms with Gasteiger partial charge in [0.25, 0.3) is 0 Å². The Morgan fingerprint density at radius 3 is 2.18 bits per heavy atom. The van der Waals surface area contributed by atoms with Crippen LogP contribution in [0.4, 0.5) is 13.2 Å². The number of carbonyl (C=O) groups excluding carboxylic acids is 1. The van der Waals surface area contributed by atoms with Gasteiger partial charge in [0.2, 0.25) is 0 Å². The van der Waals surface area contributed by atoms with Crippen LogP contribution < -0.4 is 0 Å². The SMILES string of the molecule is CN(C(=O)C(F)(F)F)C1CC1. The number of carbonyl (C=O) groups is 1. The minimum absolute atomic E-state index is 0.177. The molecule has 11 heavy (non-hydrogen) atoms. The highest BCUT2D eigenvalue weighted by Crippen LogP contribution is 2.29.